The predicted molar refractivity (Wildman–Crippen MR) is 67.6 cm³/mol. The standard InChI is InChI=1S/C12H18N4O2/c1-8(2)18-11-7-13-6-10(15-11)16-5-4-14-12(17)9(16)3/h6-9H,4-5H2,1-3H3,(H,14,17). The van der Waals surface area contributed by atoms with E-state index in [1.807, 2.05) is 25.7 Å². The molecule has 0 saturated carbocycles. The topological polar surface area (TPSA) is 67.3 Å². The molecule has 1 aliphatic heterocycles. The van der Waals surface area contributed by atoms with Gasteiger partial charge in [0.1, 0.15) is 6.04 Å². The molecule has 0 radical (unpaired) electrons. The first kappa shape index (κ1) is 12.6. The Morgan fingerprint density at radius 2 is 2.28 bits per heavy atom. The number of hydrogen-bond donors (Lipinski definition) is 1. The minimum Gasteiger partial charge on any atom is -0.474 e. The number of amides is 1. The number of aromatic nitrogens is 2. The molecule has 2 rings (SSSR count). The molecular formula is C12H18N4O2. The van der Waals surface area contributed by atoms with Crippen LogP contribution >= 0.6 is 0 Å². The zero-order valence-corrected chi connectivity index (χ0v) is 10.9. The summed E-state index contributed by atoms with van der Waals surface area (Å²) < 4.78 is 5.51. The van der Waals surface area contributed by atoms with Crippen molar-refractivity contribution in [2.45, 2.75) is 32.9 Å². The molecule has 6 heteroatoms. The average Bonchev–Trinajstić information content (AvgIpc) is 2.32. The van der Waals surface area contributed by atoms with E-state index in [9.17, 15) is 4.79 Å². The first-order valence-corrected chi connectivity index (χ1v) is 6.11. The van der Waals surface area contributed by atoms with E-state index in [1.54, 1.807) is 12.4 Å². The Morgan fingerprint density at radius 3 is 3.00 bits per heavy atom. The predicted octanol–water partition coefficient (Wildman–Crippen LogP) is 0.588. The van der Waals surface area contributed by atoms with Crippen LogP contribution in [0.1, 0.15) is 20.8 Å². The first-order chi connectivity index (χ1) is 8.58. The molecule has 0 aromatic carbocycles. The lowest BCUT2D eigenvalue weighted by atomic mass is 10.2. The van der Waals surface area contributed by atoms with E-state index in [0.717, 1.165) is 6.54 Å². The number of rotatable bonds is 3. The van der Waals surface area contributed by atoms with Crippen LogP contribution in [0, 0.1) is 0 Å². The molecule has 1 unspecified atom stereocenters. The van der Waals surface area contributed by atoms with Crippen molar-refractivity contribution in [1.29, 1.82) is 0 Å². The van der Waals surface area contributed by atoms with Crippen LogP contribution < -0.4 is 15.0 Å². The second kappa shape index (κ2) is 5.20. The van der Waals surface area contributed by atoms with Crippen molar-refractivity contribution in [3.63, 3.8) is 0 Å². The van der Waals surface area contributed by atoms with Crippen LogP contribution in [0.5, 0.6) is 5.88 Å². The van der Waals surface area contributed by atoms with Gasteiger partial charge in [0.15, 0.2) is 5.82 Å². The first-order valence-electron chi connectivity index (χ1n) is 6.11. The third kappa shape index (κ3) is 2.69. The van der Waals surface area contributed by atoms with Gasteiger partial charge in [-0.15, -0.1) is 0 Å². The highest BCUT2D eigenvalue weighted by atomic mass is 16.5. The molecule has 1 N–H and O–H groups in total. The van der Waals surface area contributed by atoms with Crippen molar-refractivity contribution in [2.75, 3.05) is 18.0 Å². The van der Waals surface area contributed by atoms with Gasteiger partial charge < -0.3 is 15.0 Å². The highest BCUT2D eigenvalue weighted by Gasteiger charge is 2.26. The van der Waals surface area contributed by atoms with Crippen LogP contribution in [-0.4, -0.2) is 41.1 Å². The fourth-order valence-electron chi connectivity index (χ4n) is 1.87. The van der Waals surface area contributed by atoms with Crippen LogP contribution in [0.15, 0.2) is 12.4 Å². The van der Waals surface area contributed by atoms with Crippen molar-refractivity contribution >= 4 is 11.7 Å². The molecule has 1 aromatic heterocycles. The van der Waals surface area contributed by atoms with E-state index >= 15 is 0 Å². The maximum atomic E-state index is 11.6. The number of nitrogens with one attached hydrogen (secondary N) is 1. The van der Waals surface area contributed by atoms with Crippen LogP contribution in [0.4, 0.5) is 5.82 Å². The van der Waals surface area contributed by atoms with Crippen molar-refractivity contribution in [1.82, 2.24) is 15.3 Å². The highest BCUT2D eigenvalue weighted by Crippen LogP contribution is 2.18. The number of anilines is 1. The van der Waals surface area contributed by atoms with Gasteiger partial charge in [0.25, 0.3) is 0 Å². The minimum absolute atomic E-state index is 0.0123. The summed E-state index contributed by atoms with van der Waals surface area (Å²) in [5.41, 5.74) is 0. The summed E-state index contributed by atoms with van der Waals surface area (Å²) in [6.45, 7) is 7.08. The smallest absolute Gasteiger partial charge is 0.242 e. The van der Waals surface area contributed by atoms with Crippen molar-refractivity contribution < 1.29 is 9.53 Å². The molecule has 1 fully saturated rings. The van der Waals surface area contributed by atoms with Crippen LogP contribution in [0.25, 0.3) is 0 Å². The van der Waals surface area contributed by atoms with E-state index in [1.165, 1.54) is 0 Å². The Labute approximate surface area is 106 Å². The maximum Gasteiger partial charge on any atom is 0.242 e. The van der Waals surface area contributed by atoms with Gasteiger partial charge in [-0.2, -0.15) is 4.98 Å². The molecule has 1 amide bonds. The van der Waals surface area contributed by atoms with Gasteiger partial charge in [-0.05, 0) is 20.8 Å². The summed E-state index contributed by atoms with van der Waals surface area (Å²) in [4.78, 5) is 22.0. The Balaban J connectivity index is 2.19. The van der Waals surface area contributed by atoms with Crippen molar-refractivity contribution in [3.05, 3.63) is 12.4 Å². The van der Waals surface area contributed by atoms with E-state index in [-0.39, 0.29) is 18.1 Å². The molecule has 18 heavy (non-hydrogen) atoms. The van der Waals surface area contributed by atoms with Crippen LogP contribution in [0.2, 0.25) is 0 Å². The molecule has 1 aromatic rings. The van der Waals surface area contributed by atoms with Crippen LogP contribution in [0.3, 0.4) is 0 Å². The molecule has 1 aliphatic rings. The Hall–Kier alpha value is -1.85. The molecular weight excluding hydrogens is 232 g/mol. The average molecular weight is 250 g/mol. The summed E-state index contributed by atoms with van der Waals surface area (Å²) in [7, 11) is 0. The van der Waals surface area contributed by atoms with E-state index in [2.05, 4.69) is 15.3 Å². The summed E-state index contributed by atoms with van der Waals surface area (Å²) in [6, 6.07) is -0.234. The van der Waals surface area contributed by atoms with Gasteiger partial charge in [-0.3, -0.25) is 9.78 Å². The number of piperazine rings is 1. The third-order valence-electron chi connectivity index (χ3n) is 2.75. The normalized spacial score (nSPS) is 19.9. The van der Waals surface area contributed by atoms with Gasteiger partial charge in [-0.25, -0.2) is 0 Å². The SMILES string of the molecule is CC(C)Oc1cncc(N2CCNC(=O)C2C)n1. The fourth-order valence-corrected chi connectivity index (χ4v) is 1.87. The number of ether oxygens (including phenoxy) is 1. The molecule has 6 nitrogen and oxygen atoms in total. The minimum atomic E-state index is -0.234. The molecule has 1 atom stereocenters. The van der Waals surface area contributed by atoms with Crippen molar-refractivity contribution in [3.8, 4) is 5.88 Å². The third-order valence-corrected chi connectivity index (χ3v) is 2.75. The van der Waals surface area contributed by atoms with E-state index < -0.39 is 0 Å². The van der Waals surface area contributed by atoms with E-state index in [0.29, 0.717) is 18.2 Å². The zero-order chi connectivity index (χ0) is 13.1. The molecule has 1 saturated heterocycles. The Bertz CT molecular complexity index is 436. The molecule has 0 spiro atoms. The Kier molecular flexibility index (Phi) is 3.64. The summed E-state index contributed by atoms with van der Waals surface area (Å²) in [5.74, 6) is 1.18. The zero-order valence-electron chi connectivity index (χ0n) is 10.9. The van der Waals surface area contributed by atoms with Gasteiger partial charge in [0.05, 0.1) is 18.5 Å². The Morgan fingerprint density at radius 1 is 1.50 bits per heavy atom. The summed E-state index contributed by atoms with van der Waals surface area (Å²) in [5, 5.41) is 2.82. The monoisotopic (exact) mass is 250 g/mol. The summed E-state index contributed by atoms with van der Waals surface area (Å²) >= 11 is 0. The second-order valence-corrected chi connectivity index (χ2v) is 4.54. The number of hydrogen-bond acceptors (Lipinski definition) is 5. The lowest BCUT2D eigenvalue weighted by Crippen LogP contribution is -2.54. The molecule has 0 bridgehead atoms. The quantitative estimate of drug-likeness (QED) is 0.850. The summed E-state index contributed by atoms with van der Waals surface area (Å²) in [6.07, 6.45) is 3.29. The van der Waals surface area contributed by atoms with Gasteiger partial charge in [-0.1, -0.05) is 0 Å². The van der Waals surface area contributed by atoms with Gasteiger partial charge >= 0.3 is 0 Å². The number of carbonyl (C=O) groups is 1. The largest absolute Gasteiger partial charge is 0.474 e. The second-order valence-electron chi connectivity index (χ2n) is 4.54. The lowest BCUT2D eigenvalue weighted by molar-refractivity contribution is -0.122. The van der Waals surface area contributed by atoms with Crippen LogP contribution in [-0.2, 0) is 4.79 Å². The maximum absolute atomic E-state index is 11.6. The molecule has 0 aliphatic carbocycles. The molecule has 2 heterocycles. The van der Waals surface area contributed by atoms with Gasteiger partial charge in [0, 0.05) is 13.1 Å². The van der Waals surface area contributed by atoms with Crippen molar-refractivity contribution in [2.24, 2.45) is 0 Å². The molecule has 98 valence electrons. The fraction of sp³-hybridized carbons (Fsp3) is 0.583. The number of nitrogens with zero attached hydrogens (tertiary/aromatic N) is 3. The lowest BCUT2D eigenvalue weighted by Gasteiger charge is -2.33. The highest BCUT2D eigenvalue weighted by molar-refractivity contribution is 5.85. The van der Waals surface area contributed by atoms with Gasteiger partial charge in [0.2, 0.25) is 11.8 Å². The number of carbonyl (C=O) groups excluding carboxylic acids is 1. The van der Waals surface area contributed by atoms with E-state index in [4.69, 9.17) is 4.74 Å².